The van der Waals surface area contributed by atoms with Crippen LogP contribution in [-0.4, -0.2) is 41.2 Å². The minimum absolute atomic E-state index is 0.0240. The van der Waals surface area contributed by atoms with E-state index in [1.165, 1.54) is 14.2 Å². The van der Waals surface area contributed by atoms with Crippen LogP contribution < -0.4 is 20.1 Å². The van der Waals surface area contributed by atoms with Gasteiger partial charge in [0.05, 0.1) is 32.6 Å². The molecule has 2 heterocycles. The molecule has 0 fully saturated rings. The first kappa shape index (κ1) is 24.4. The van der Waals surface area contributed by atoms with E-state index in [9.17, 15) is 23.1 Å². The summed E-state index contributed by atoms with van der Waals surface area (Å²) in [4.78, 5) is 13.0. The van der Waals surface area contributed by atoms with Gasteiger partial charge in [0.15, 0.2) is 17.5 Å². The van der Waals surface area contributed by atoms with Gasteiger partial charge >= 0.3 is 6.18 Å². The number of alkyl halides is 3. The minimum Gasteiger partial charge on any atom is -0.493 e. The third-order valence-electron chi connectivity index (χ3n) is 5.94. The van der Waals surface area contributed by atoms with Crippen LogP contribution in [0.3, 0.4) is 0 Å². The maximum atomic E-state index is 14.0. The third-order valence-corrected chi connectivity index (χ3v) is 5.94. The second kappa shape index (κ2) is 9.49. The number of aromatic nitrogens is 2. The summed E-state index contributed by atoms with van der Waals surface area (Å²) in [7, 11) is 2.91. The SMILES string of the molecule is COc1ccc([C@H]2C[C@@H](C(F)(F)F)n3ncc(C(=O)Nc4ccc([C@@H](C)O)cc4)c3N2)cc1OC. The molecule has 0 unspecified atom stereocenters. The second-order valence-corrected chi connectivity index (χ2v) is 8.21. The highest BCUT2D eigenvalue weighted by Gasteiger charge is 2.47. The highest BCUT2D eigenvalue weighted by atomic mass is 19.4. The van der Waals surface area contributed by atoms with E-state index in [2.05, 4.69) is 15.7 Å². The molecule has 11 heteroatoms. The molecule has 0 bridgehead atoms. The lowest BCUT2D eigenvalue weighted by molar-refractivity contribution is -0.173. The quantitative estimate of drug-likeness (QED) is 0.456. The fourth-order valence-electron chi connectivity index (χ4n) is 4.06. The Morgan fingerprint density at radius 1 is 1.17 bits per heavy atom. The Morgan fingerprint density at radius 2 is 1.86 bits per heavy atom. The van der Waals surface area contributed by atoms with Gasteiger partial charge in [-0.25, -0.2) is 4.68 Å². The van der Waals surface area contributed by atoms with Crippen LogP contribution in [0, 0.1) is 0 Å². The Balaban J connectivity index is 1.66. The second-order valence-electron chi connectivity index (χ2n) is 8.21. The molecule has 0 saturated carbocycles. The van der Waals surface area contributed by atoms with Crippen LogP contribution in [0.5, 0.6) is 11.5 Å². The van der Waals surface area contributed by atoms with Gasteiger partial charge in [0.25, 0.3) is 5.91 Å². The third kappa shape index (κ3) is 4.90. The van der Waals surface area contributed by atoms with Crippen molar-refractivity contribution in [1.29, 1.82) is 0 Å². The topological polar surface area (TPSA) is 97.6 Å². The normalized spacial score (nSPS) is 18.3. The van der Waals surface area contributed by atoms with Crippen LogP contribution in [0.25, 0.3) is 0 Å². The van der Waals surface area contributed by atoms with Crippen molar-refractivity contribution in [3.05, 3.63) is 65.4 Å². The first-order chi connectivity index (χ1) is 16.6. The number of nitrogens with one attached hydrogen (secondary N) is 2. The van der Waals surface area contributed by atoms with Crippen molar-refractivity contribution < 1.29 is 32.5 Å². The predicted molar refractivity (Wildman–Crippen MR) is 123 cm³/mol. The first-order valence-electron chi connectivity index (χ1n) is 10.8. The number of rotatable bonds is 6. The molecular weight excluding hydrogens is 465 g/mol. The summed E-state index contributed by atoms with van der Waals surface area (Å²) < 4.78 is 53.3. The lowest BCUT2D eigenvalue weighted by Gasteiger charge is -2.34. The van der Waals surface area contributed by atoms with Gasteiger partial charge in [0, 0.05) is 12.1 Å². The zero-order chi connectivity index (χ0) is 25.3. The summed E-state index contributed by atoms with van der Waals surface area (Å²) in [6.07, 6.45) is -4.45. The van der Waals surface area contributed by atoms with Gasteiger partial charge in [0.2, 0.25) is 0 Å². The Bertz CT molecular complexity index is 1210. The molecule has 0 aliphatic carbocycles. The maximum Gasteiger partial charge on any atom is 0.410 e. The van der Waals surface area contributed by atoms with Crippen molar-refractivity contribution in [2.24, 2.45) is 0 Å². The average Bonchev–Trinajstić information content (AvgIpc) is 3.26. The van der Waals surface area contributed by atoms with Crippen LogP contribution in [0.2, 0.25) is 0 Å². The van der Waals surface area contributed by atoms with Crippen molar-refractivity contribution in [1.82, 2.24) is 9.78 Å². The molecule has 0 radical (unpaired) electrons. The van der Waals surface area contributed by atoms with Crippen molar-refractivity contribution in [2.75, 3.05) is 24.9 Å². The molecule has 1 amide bonds. The Labute approximate surface area is 199 Å². The number of amides is 1. The van der Waals surface area contributed by atoms with Crippen molar-refractivity contribution >= 4 is 17.4 Å². The van der Waals surface area contributed by atoms with Crippen molar-refractivity contribution in [3.63, 3.8) is 0 Å². The Kier molecular flexibility index (Phi) is 6.62. The van der Waals surface area contributed by atoms with E-state index in [1.807, 2.05) is 0 Å². The van der Waals surface area contributed by atoms with Gasteiger partial charge < -0.3 is 25.2 Å². The summed E-state index contributed by atoms with van der Waals surface area (Å²) >= 11 is 0. The molecule has 8 nitrogen and oxygen atoms in total. The van der Waals surface area contributed by atoms with E-state index in [0.29, 0.717) is 28.3 Å². The lowest BCUT2D eigenvalue weighted by Crippen LogP contribution is -2.36. The maximum absolute atomic E-state index is 14.0. The van der Waals surface area contributed by atoms with Crippen LogP contribution >= 0.6 is 0 Å². The highest BCUT2D eigenvalue weighted by Crippen LogP contribution is 2.45. The molecule has 3 aromatic rings. The molecule has 0 saturated heterocycles. The number of carbonyl (C=O) groups is 1. The smallest absolute Gasteiger partial charge is 0.410 e. The molecule has 3 N–H and O–H groups in total. The molecule has 4 rings (SSSR count). The summed E-state index contributed by atoms with van der Waals surface area (Å²) in [5, 5.41) is 19.3. The fraction of sp³-hybridized carbons (Fsp3) is 0.333. The summed E-state index contributed by atoms with van der Waals surface area (Å²) in [6, 6.07) is 8.71. The zero-order valence-corrected chi connectivity index (χ0v) is 19.3. The van der Waals surface area contributed by atoms with Gasteiger partial charge in [-0.2, -0.15) is 18.3 Å². The number of nitrogens with zero attached hydrogens (tertiary/aromatic N) is 2. The van der Waals surface area contributed by atoms with Gasteiger partial charge in [-0.05, 0) is 42.3 Å². The number of hydrogen-bond donors (Lipinski definition) is 3. The van der Waals surface area contributed by atoms with Crippen LogP contribution in [0.15, 0.2) is 48.7 Å². The summed E-state index contributed by atoms with van der Waals surface area (Å²) in [6.45, 7) is 1.62. The molecule has 1 aliphatic rings. The van der Waals surface area contributed by atoms with Crippen LogP contribution in [0.1, 0.15) is 53.0 Å². The first-order valence-corrected chi connectivity index (χ1v) is 10.8. The number of anilines is 2. The Hall–Kier alpha value is -3.73. The number of aliphatic hydroxyl groups excluding tert-OH is 1. The largest absolute Gasteiger partial charge is 0.493 e. The highest BCUT2D eigenvalue weighted by molar-refractivity contribution is 6.07. The fourth-order valence-corrected chi connectivity index (χ4v) is 4.06. The number of benzene rings is 2. The van der Waals surface area contributed by atoms with Gasteiger partial charge in [-0.1, -0.05) is 18.2 Å². The Morgan fingerprint density at radius 3 is 2.46 bits per heavy atom. The molecular formula is C24H25F3N4O4. The van der Waals surface area contributed by atoms with E-state index in [-0.39, 0.29) is 17.8 Å². The number of aliphatic hydroxyl groups is 1. The number of halogens is 3. The molecule has 186 valence electrons. The van der Waals surface area contributed by atoms with Gasteiger partial charge in [0.1, 0.15) is 11.4 Å². The van der Waals surface area contributed by atoms with Crippen LogP contribution in [-0.2, 0) is 0 Å². The van der Waals surface area contributed by atoms with Gasteiger partial charge in [-0.3, -0.25) is 4.79 Å². The molecule has 3 atom stereocenters. The lowest BCUT2D eigenvalue weighted by atomic mass is 9.96. The van der Waals surface area contributed by atoms with Crippen molar-refractivity contribution in [3.8, 4) is 11.5 Å². The number of carbonyl (C=O) groups excluding carboxylic acids is 1. The zero-order valence-electron chi connectivity index (χ0n) is 19.3. The van der Waals surface area contributed by atoms with E-state index in [1.54, 1.807) is 49.4 Å². The predicted octanol–water partition coefficient (Wildman–Crippen LogP) is 4.87. The van der Waals surface area contributed by atoms with E-state index in [0.717, 1.165) is 10.9 Å². The van der Waals surface area contributed by atoms with Crippen LogP contribution in [0.4, 0.5) is 24.7 Å². The number of fused-ring (bicyclic) bond motifs is 1. The molecule has 1 aliphatic heterocycles. The minimum atomic E-state index is -4.58. The number of hydrogen-bond acceptors (Lipinski definition) is 6. The summed E-state index contributed by atoms with van der Waals surface area (Å²) in [5.74, 6) is 0.188. The van der Waals surface area contributed by atoms with Crippen molar-refractivity contribution in [2.45, 2.75) is 37.7 Å². The van der Waals surface area contributed by atoms with E-state index >= 15 is 0 Å². The van der Waals surface area contributed by atoms with E-state index in [4.69, 9.17) is 9.47 Å². The number of ether oxygens (including phenoxy) is 2. The molecule has 0 spiro atoms. The monoisotopic (exact) mass is 490 g/mol. The molecule has 1 aromatic heterocycles. The average molecular weight is 490 g/mol. The standard InChI is InChI=1S/C24H25F3N4O4/c1-13(32)14-4-7-16(8-5-14)29-23(33)17-12-28-31-21(24(25,26)27)11-18(30-22(17)31)15-6-9-19(34-2)20(10-15)35-3/h4-10,12-13,18,21,30,32H,11H2,1-3H3,(H,29,33)/t13-,18-,21+/m1/s1. The molecule has 2 aromatic carbocycles. The van der Waals surface area contributed by atoms with Gasteiger partial charge in [-0.15, -0.1) is 0 Å². The summed E-state index contributed by atoms with van der Waals surface area (Å²) in [5.41, 5.74) is 1.62. The number of methoxy groups -OCH3 is 2. The van der Waals surface area contributed by atoms with E-state index < -0.39 is 30.3 Å². The molecule has 35 heavy (non-hydrogen) atoms.